The average Bonchev–Trinajstić information content (AvgIpc) is 1.38. The first-order chi connectivity index (χ1) is 2.27. The predicted molar refractivity (Wildman–Crippen MR) is 23.5 cm³/mol. The summed E-state index contributed by atoms with van der Waals surface area (Å²) >= 11 is 10.1. The molecule has 0 bridgehead atoms. The molecule has 3 heteroatoms. The fourth-order valence-corrected chi connectivity index (χ4v) is 0. The molecule has 0 atom stereocenters. The molecule has 5 heavy (non-hydrogen) atoms. The molecule has 0 aromatic heterocycles. The fraction of sp³-hybridized carbons (Fsp3) is 1.00. The van der Waals surface area contributed by atoms with Crippen LogP contribution in [0, 0.1) is 0 Å². The average molecular weight is 113 g/mol. The van der Waals surface area contributed by atoms with Gasteiger partial charge in [-0.15, -0.1) is 23.2 Å². The van der Waals surface area contributed by atoms with Gasteiger partial charge in [0.25, 0.3) is 0 Å². The predicted octanol–water partition coefficient (Wildman–Crippen LogP) is 1.07. The minimum atomic E-state index is -0.505. The van der Waals surface area contributed by atoms with Crippen LogP contribution in [0.1, 0.15) is 0 Å². The van der Waals surface area contributed by atoms with Gasteiger partial charge in [0.05, 0.1) is 0 Å². The summed E-state index contributed by atoms with van der Waals surface area (Å²) in [6.45, 7) is 0.0864. The summed E-state index contributed by atoms with van der Waals surface area (Å²) in [6.07, 6.45) is 0. The molecule has 0 saturated carbocycles. The Morgan fingerprint density at radius 1 is 1.60 bits per heavy atom. The van der Waals surface area contributed by atoms with Crippen LogP contribution >= 0.6 is 23.2 Å². The van der Waals surface area contributed by atoms with Gasteiger partial charge in [-0.2, -0.15) is 0 Å². The molecule has 0 amide bonds. The summed E-state index contributed by atoms with van der Waals surface area (Å²) in [5.41, 5.74) is 6.39. The van der Waals surface area contributed by atoms with Gasteiger partial charge >= 0.3 is 0 Å². The van der Waals surface area contributed by atoms with E-state index in [0.717, 1.165) is 0 Å². The second-order valence-corrected chi connectivity index (χ2v) is 1.87. The first kappa shape index (κ1) is 5.54. The van der Waals surface area contributed by atoms with Gasteiger partial charge in [-0.1, -0.05) is 0 Å². The van der Waals surface area contributed by atoms with Crippen LogP contribution in [0.4, 0.5) is 0 Å². The van der Waals surface area contributed by atoms with Crippen LogP contribution < -0.4 is 5.73 Å². The maximum absolute atomic E-state index is 6.39. The third-order valence-electron chi connectivity index (χ3n) is 0.154. The molecule has 1 radical (unpaired) electrons. The molecule has 0 fully saturated rings. The van der Waals surface area contributed by atoms with Gasteiger partial charge in [-0.3, -0.25) is 5.73 Å². The lowest BCUT2D eigenvalue weighted by Gasteiger charge is -1.84. The maximum atomic E-state index is 6.39. The molecule has 0 aromatic rings. The standard InChI is InChI=1S/C2H4Cl2N/c3-2(4)1-5/h2,5H,1H2. The molecule has 0 aliphatic rings. The van der Waals surface area contributed by atoms with E-state index in [1.807, 2.05) is 0 Å². The van der Waals surface area contributed by atoms with E-state index in [4.69, 9.17) is 28.9 Å². The van der Waals surface area contributed by atoms with E-state index in [2.05, 4.69) is 0 Å². The normalized spacial score (nSPS) is 9.60. The summed E-state index contributed by atoms with van der Waals surface area (Å²) in [5, 5.41) is 0. The molecule has 1 nitrogen and oxygen atoms in total. The smallest absolute Gasteiger partial charge is 0.121 e. The zero-order valence-corrected chi connectivity index (χ0v) is 4.05. The van der Waals surface area contributed by atoms with Gasteiger partial charge in [0.15, 0.2) is 0 Å². The summed E-state index contributed by atoms with van der Waals surface area (Å²) in [6, 6.07) is 0. The summed E-state index contributed by atoms with van der Waals surface area (Å²) in [5.74, 6) is 0. The molecule has 0 unspecified atom stereocenters. The first-order valence-corrected chi connectivity index (χ1v) is 2.07. The minimum Gasteiger partial charge on any atom is -0.255 e. The third kappa shape index (κ3) is 4.54. The van der Waals surface area contributed by atoms with Crippen LogP contribution in [0.5, 0.6) is 0 Å². The highest BCUT2D eigenvalue weighted by atomic mass is 35.5. The number of halogens is 2. The molecule has 0 aliphatic carbocycles. The van der Waals surface area contributed by atoms with Crippen molar-refractivity contribution in [2.24, 2.45) is 0 Å². The second-order valence-electron chi connectivity index (χ2n) is 0.595. The molecule has 0 rings (SSSR count). The van der Waals surface area contributed by atoms with Crippen LogP contribution in [0.15, 0.2) is 0 Å². The van der Waals surface area contributed by atoms with E-state index in [1.165, 1.54) is 0 Å². The monoisotopic (exact) mass is 112 g/mol. The number of hydrogen-bond acceptors (Lipinski definition) is 0. The van der Waals surface area contributed by atoms with Crippen molar-refractivity contribution in [1.82, 2.24) is 5.73 Å². The molecule has 0 heterocycles. The summed E-state index contributed by atoms with van der Waals surface area (Å²) in [7, 11) is 0. The van der Waals surface area contributed by atoms with Crippen molar-refractivity contribution in [3.63, 3.8) is 0 Å². The van der Waals surface area contributed by atoms with Crippen molar-refractivity contribution in [2.75, 3.05) is 6.54 Å². The Bertz CT molecular complexity index is 21.6. The van der Waals surface area contributed by atoms with Crippen LogP contribution in [-0.2, 0) is 0 Å². The van der Waals surface area contributed by atoms with Crippen LogP contribution in [-0.4, -0.2) is 11.4 Å². The maximum Gasteiger partial charge on any atom is 0.121 e. The Hall–Kier alpha value is 0.540. The molecule has 0 aliphatic heterocycles. The van der Waals surface area contributed by atoms with Crippen molar-refractivity contribution in [1.29, 1.82) is 0 Å². The number of nitrogens with one attached hydrogen (secondary N) is 1. The lowest BCUT2D eigenvalue weighted by Crippen LogP contribution is -1.93. The Morgan fingerprint density at radius 2 is 1.80 bits per heavy atom. The van der Waals surface area contributed by atoms with Crippen LogP contribution in [0.2, 0.25) is 0 Å². The topological polar surface area (TPSA) is 23.8 Å². The van der Waals surface area contributed by atoms with Crippen molar-refractivity contribution in [2.45, 2.75) is 4.84 Å². The van der Waals surface area contributed by atoms with Crippen LogP contribution in [0.3, 0.4) is 0 Å². The van der Waals surface area contributed by atoms with E-state index in [-0.39, 0.29) is 6.54 Å². The SMILES string of the molecule is [NH]CC(Cl)Cl. The highest BCUT2D eigenvalue weighted by Crippen LogP contribution is 1.95. The Labute approximate surface area is 41.1 Å². The van der Waals surface area contributed by atoms with Gasteiger partial charge in [-0.25, -0.2) is 0 Å². The van der Waals surface area contributed by atoms with Gasteiger partial charge in [0.2, 0.25) is 0 Å². The van der Waals surface area contributed by atoms with E-state index in [9.17, 15) is 0 Å². The first-order valence-electron chi connectivity index (χ1n) is 1.20. The minimum absolute atomic E-state index is 0.0864. The highest BCUT2D eigenvalue weighted by molar-refractivity contribution is 6.44. The summed E-state index contributed by atoms with van der Waals surface area (Å²) in [4.78, 5) is -0.505. The molecular weight excluding hydrogens is 109 g/mol. The van der Waals surface area contributed by atoms with Crippen molar-refractivity contribution >= 4 is 23.2 Å². The summed E-state index contributed by atoms with van der Waals surface area (Å²) < 4.78 is 0. The van der Waals surface area contributed by atoms with Crippen LogP contribution in [0.25, 0.3) is 0 Å². The van der Waals surface area contributed by atoms with Gasteiger partial charge in [0.1, 0.15) is 4.84 Å². The lowest BCUT2D eigenvalue weighted by molar-refractivity contribution is 1.05. The quantitative estimate of drug-likeness (QED) is 0.454. The second kappa shape index (κ2) is 2.76. The molecule has 0 spiro atoms. The number of alkyl halides is 2. The molecule has 1 N–H and O–H groups in total. The molecule has 0 aromatic carbocycles. The largest absolute Gasteiger partial charge is 0.255 e. The van der Waals surface area contributed by atoms with E-state index >= 15 is 0 Å². The van der Waals surface area contributed by atoms with E-state index < -0.39 is 4.84 Å². The molecular formula is C2H4Cl2N. The van der Waals surface area contributed by atoms with E-state index in [0.29, 0.717) is 0 Å². The Morgan fingerprint density at radius 3 is 1.80 bits per heavy atom. The van der Waals surface area contributed by atoms with Gasteiger partial charge in [0, 0.05) is 6.54 Å². The van der Waals surface area contributed by atoms with Gasteiger partial charge < -0.3 is 0 Å². The van der Waals surface area contributed by atoms with Crippen molar-refractivity contribution in [3.05, 3.63) is 0 Å². The Kier molecular flexibility index (Phi) is 3.06. The molecule has 31 valence electrons. The third-order valence-corrected chi connectivity index (χ3v) is 0.463. The number of rotatable bonds is 1. The van der Waals surface area contributed by atoms with Crippen molar-refractivity contribution in [3.8, 4) is 0 Å². The lowest BCUT2D eigenvalue weighted by atomic mass is 10.8. The highest BCUT2D eigenvalue weighted by Gasteiger charge is 1.87. The Balaban J connectivity index is 2.54. The zero-order chi connectivity index (χ0) is 4.28. The van der Waals surface area contributed by atoms with E-state index in [1.54, 1.807) is 0 Å². The fourth-order valence-electron chi connectivity index (χ4n) is 0. The van der Waals surface area contributed by atoms with Gasteiger partial charge in [-0.05, 0) is 0 Å². The molecule has 0 saturated heterocycles. The number of hydrogen-bond donors (Lipinski definition) is 0. The van der Waals surface area contributed by atoms with Crippen molar-refractivity contribution < 1.29 is 0 Å². The zero-order valence-electron chi connectivity index (χ0n) is 2.54.